The summed E-state index contributed by atoms with van der Waals surface area (Å²) in [5.41, 5.74) is -4.46. The molecule has 0 aromatic heterocycles. The second kappa shape index (κ2) is 9.34. The van der Waals surface area contributed by atoms with Crippen molar-refractivity contribution < 1.29 is 29.4 Å². The summed E-state index contributed by atoms with van der Waals surface area (Å²) in [6.45, 7) is 22.4. The van der Waals surface area contributed by atoms with Crippen LogP contribution in [0.3, 0.4) is 0 Å². The Morgan fingerprint density at radius 3 is 1.19 bits per heavy atom. The Morgan fingerprint density at radius 2 is 1.00 bits per heavy atom. The molecule has 2 N–H and O–H groups in total. The Balaban J connectivity index is 2.72. The van der Waals surface area contributed by atoms with Crippen molar-refractivity contribution in [2.75, 3.05) is 0 Å². The molecule has 0 bridgehead atoms. The molecule has 0 spiro atoms. The Hall–Kier alpha value is -2.64. The number of hydrogen-bond acceptors (Lipinski definition) is 4. The van der Waals surface area contributed by atoms with Crippen molar-refractivity contribution in [1.82, 2.24) is 9.80 Å². The Bertz CT molecular complexity index is 865. The maximum atomic E-state index is 13.3. The number of amides is 2. The highest BCUT2D eigenvalue weighted by atomic mass is 16.4. The number of piperidine rings is 2. The summed E-state index contributed by atoms with van der Waals surface area (Å²) in [6, 6.07) is 0. The van der Waals surface area contributed by atoms with Gasteiger partial charge >= 0.3 is 11.9 Å². The van der Waals surface area contributed by atoms with Crippen LogP contribution in [0.25, 0.3) is 0 Å². The standard InChI is InChI=1S/C28H44N2O6/c1-11-20(31)29-24(3,4)13-18(14-25(29,5)6)28(23(35)36,17-22(33)34)19-15-26(7,8)30(21(32)12-2)27(9,10)16-19/h11-12,18-19H,1-2,13-17H2,3-10H3,(H,33,34)(H,35,36). The first-order valence-electron chi connectivity index (χ1n) is 12.6. The van der Waals surface area contributed by atoms with Gasteiger partial charge in [-0.3, -0.25) is 19.2 Å². The highest BCUT2D eigenvalue weighted by molar-refractivity contribution is 5.89. The summed E-state index contributed by atoms with van der Waals surface area (Å²) < 4.78 is 0. The van der Waals surface area contributed by atoms with Gasteiger partial charge in [-0.2, -0.15) is 0 Å². The van der Waals surface area contributed by atoms with E-state index in [0.717, 1.165) is 0 Å². The lowest BCUT2D eigenvalue weighted by molar-refractivity contribution is -0.185. The van der Waals surface area contributed by atoms with Crippen molar-refractivity contribution in [3.63, 3.8) is 0 Å². The normalized spacial score (nSPS) is 23.6. The molecular weight excluding hydrogens is 460 g/mol. The molecule has 8 nitrogen and oxygen atoms in total. The maximum absolute atomic E-state index is 13.3. The van der Waals surface area contributed by atoms with Crippen LogP contribution < -0.4 is 0 Å². The first-order valence-corrected chi connectivity index (χ1v) is 12.6. The van der Waals surface area contributed by atoms with E-state index in [-0.39, 0.29) is 11.8 Å². The zero-order chi connectivity index (χ0) is 28.1. The van der Waals surface area contributed by atoms with Crippen LogP contribution >= 0.6 is 0 Å². The molecular formula is C28H44N2O6. The summed E-state index contributed by atoms with van der Waals surface area (Å²) >= 11 is 0. The Kier molecular flexibility index (Phi) is 7.68. The third-order valence-corrected chi connectivity index (χ3v) is 8.49. The largest absolute Gasteiger partial charge is 0.481 e. The highest BCUT2D eigenvalue weighted by Crippen LogP contribution is 2.58. The van der Waals surface area contributed by atoms with Crippen LogP contribution in [0.4, 0.5) is 0 Å². The van der Waals surface area contributed by atoms with Crippen LogP contribution in [-0.4, -0.2) is 65.9 Å². The van der Waals surface area contributed by atoms with Gasteiger partial charge in [-0.15, -0.1) is 0 Å². The first-order chi connectivity index (χ1) is 16.2. The number of rotatable bonds is 7. The highest BCUT2D eigenvalue weighted by Gasteiger charge is 2.62. The lowest BCUT2D eigenvalue weighted by atomic mass is 9.52. The lowest BCUT2D eigenvalue weighted by Crippen LogP contribution is -2.68. The topological polar surface area (TPSA) is 115 Å². The summed E-state index contributed by atoms with van der Waals surface area (Å²) in [4.78, 5) is 54.7. The van der Waals surface area contributed by atoms with Gasteiger partial charge in [-0.05, 0) is 105 Å². The fraction of sp³-hybridized carbons (Fsp3) is 0.714. The summed E-state index contributed by atoms with van der Waals surface area (Å²) in [5, 5.41) is 20.9. The molecule has 2 aliphatic heterocycles. The molecule has 0 saturated carbocycles. The predicted octanol–water partition coefficient (Wildman–Crippen LogP) is 4.50. The zero-order valence-corrected chi connectivity index (χ0v) is 23.2. The molecule has 202 valence electrons. The van der Waals surface area contributed by atoms with Gasteiger partial charge in [0.05, 0.1) is 11.8 Å². The number of aliphatic carboxylic acids is 2. The van der Waals surface area contributed by atoms with Crippen molar-refractivity contribution in [1.29, 1.82) is 0 Å². The SMILES string of the molecule is C=CC(=O)N1C(C)(C)CC(C(CC(=O)O)(C(=O)O)C2CC(C)(C)N(C(=O)C=C)C(C)(C)C2)CC1(C)C. The maximum Gasteiger partial charge on any atom is 0.310 e. The van der Waals surface area contributed by atoms with Gasteiger partial charge < -0.3 is 20.0 Å². The third-order valence-electron chi connectivity index (χ3n) is 8.49. The second-order valence-electron chi connectivity index (χ2n) is 13.1. The summed E-state index contributed by atoms with van der Waals surface area (Å²) in [7, 11) is 0. The van der Waals surface area contributed by atoms with E-state index in [9.17, 15) is 29.4 Å². The van der Waals surface area contributed by atoms with Crippen LogP contribution in [0.5, 0.6) is 0 Å². The van der Waals surface area contributed by atoms with Crippen LogP contribution in [0.2, 0.25) is 0 Å². The third kappa shape index (κ3) is 4.96. The number of carboxylic acid groups (broad SMARTS) is 2. The monoisotopic (exact) mass is 504 g/mol. The number of carbonyl (C=O) groups excluding carboxylic acids is 2. The zero-order valence-electron chi connectivity index (χ0n) is 23.2. The molecule has 2 heterocycles. The quantitative estimate of drug-likeness (QED) is 0.494. The van der Waals surface area contributed by atoms with Crippen LogP contribution in [-0.2, 0) is 19.2 Å². The molecule has 0 atom stereocenters. The van der Waals surface area contributed by atoms with Crippen molar-refractivity contribution >= 4 is 23.8 Å². The number of likely N-dealkylation sites (tertiary alicyclic amines) is 2. The summed E-state index contributed by atoms with van der Waals surface area (Å²) in [6.07, 6.45) is 3.35. The lowest BCUT2D eigenvalue weighted by Gasteiger charge is -2.62. The number of hydrogen-bond donors (Lipinski definition) is 2. The molecule has 0 unspecified atom stereocenters. The molecule has 0 radical (unpaired) electrons. The molecule has 0 aromatic carbocycles. The van der Waals surface area contributed by atoms with Gasteiger partial charge in [0.2, 0.25) is 11.8 Å². The van der Waals surface area contributed by atoms with Gasteiger partial charge in [0, 0.05) is 22.2 Å². The van der Waals surface area contributed by atoms with Crippen LogP contribution in [0, 0.1) is 17.3 Å². The molecule has 8 heteroatoms. The average molecular weight is 505 g/mol. The molecule has 2 rings (SSSR count). The van der Waals surface area contributed by atoms with Crippen molar-refractivity contribution in [3.8, 4) is 0 Å². The fourth-order valence-electron chi connectivity index (χ4n) is 7.96. The minimum Gasteiger partial charge on any atom is -0.481 e. The fourth-order valence-corrected chi connectivity index (χ4v) is 7.96. The van der Waals surface area contributed by atoms with Crippen LogP contribution in [0.15, 0.2) is 25.3 Å². The average Bonchev–Trinajstić information content (AvgIpc) is 2.67. The number of nitrogens with zero attached hydrogens (tertiary/aromatic N) is 2. The van der Waals surface area contributed by atoms with Crippen molar-refractivity contribution in [3.05, 3.63) is 25.3 Å². The van der Waals surface area contributed by atoms with Crippen molar-refractivity contribution in [2.24, 2.45) is 17.3 Å². The van der Waals surface area contributed by atoms with E-state index >= 15 is 0 Å². The molecule has 36 heavy (non-hydrogen) atoms. The molecule has 0 aromatic rings. The number of carbonyl (C=O) groups is 4. The minimum absolute atomic E-state index is 0.235. The van der Waals surface area contributed by atoms with E-state index in [0.29, 0.717) is 25.7 Å². The Morgan fingerprint density at radius 1 is 0.722 bits per heavy atom. The van der Waals surface area contributed by atoms with Gasteiger partial charge in [-0.1, -0.05) is 13.2 Å². The van der Waals surface area contributed by atoms with E-state index in [1.165, 1.54) is 12.2 Å². The van der Waals surface area contributed by atoms with E-state index in [1.807, 2.05) is 55.4 Å². The van der Waals surface area contributed by atoms with Gasteiger partial charge in [0.25, 0.3) is 0 Å². The predicted molar refractivity (Wildman–Crippen MR) is 138 cm³/mol. The smallest absolute Gasteiger partial charge is 0.310 e. The van der Waals surface area contributed by atoms with Gasteiger partial charge in [0.15, 0.2) is 0 Å². The number of carboxylic acids is 2. The molecule has 0 aliphatic carbocycles. The van der Waals surface area contributed by atoms with E-state index in [4.69, 9.17) is 0 Å². The van der Waals surface area contributed by atoms with Crippen LogP contribution in [0.1, 0.15) is 87.5 Å². The molecule has 2 fully saturated rings. The first kappa shape index (κ1) is 29.6. The van der Waals surface area contributed by atoms with Crippen molar-refractivity contribution in [2.45, 2.75) is 110 Å². The van der Waals surface area contributed by atoms with E-state index < -0.39 is 57.8 Å². The minimum atomic E-state index is -1.58. The second-order valence-corrected chi connectivity index (χ2v) is 13.1. The van der Waals surface area contributed by atoms with E-state index in [1.54, 1.807) is 9.80 Å². The van der Waals surface area contributed by atoms with E-state index in [2.05, 4.69) is 13.2 Å². The van der Waals surface area contributed by atoms with Gasteiger partial charge in [-0.25, -0.2) is 0 Å². The molecule has 2 saturated heterocycles. The summed E-state index contributed by atoms with van der Waals surface area (Å²) in [5.74, 6) is -3.79. The Labute approximate surface area is 215 Å². The molecule has 2 aliphatic rings. The van der Waals surface area contributed by atoms with Gasteiger partial charge in [0.1, 0.15) is 0 Å². The molecule has 2 amide bonds.